The van der Waals surface area contributed by atoms with Crippen molar-refractivity contribution in [2.24, 2.45) is 0 Å². The van der Waals surface area contributed by atoms with Gasteiger partial charge in [0.1, 0.15) is 18.0 Å². The van der Waals surface area contributed by atoms with Crippen molar-refractivity contribution in [3.8, 4) is 0 Å². The van der Waals surface area contributed by atoms with Gasteiger partial charge in [-0.3, -0.25) is 4.79 Å². The number of benzene rings is 1. The van der Waals surface area contributed by atoms with Crippen molar-refractivity contribution in [2.75, 3.05) is 6.54 Å². The van der Waals surface area contributed by atoms with Gasteiger partial charge >= 0.3 is 0 Å². The fourth-order valence-electron chi connectivity index (χ4n) is 1.36. The SMILES string of the molecule is CC(=O)NCC(O)C(O)c1cc(Cl)cc(F)c1Cl. The van der Waals surface area contributed by atoms with Gasteiger partial charge in [0.2, 0.25) is 5.91 Å². The maximum atomic E-state index is 13.3. The van der Waals surface area contributed by atoms with Gasteiger partial charge < -0.3 is 15.5 Å². The van der Waals surface area contributed by atoms with Gasteiger partial charge in [-0.2, -0.15) is 0 Å². The van der Waals surface area contributed by atoms with Crippen molar-refractivity contribution in [1.29, 1.82) is 0 Å². The minimum atomic E-state index is -1.45. The topological polar surface area (TPSA) is 69.6 Å². The van der Waals surface area contributed by atoms with Crippen molar-refractivity contribution in [2.45, 2.75) is 19.1 Å². The minimum Gasteiger partial charge on any atom is -0.388 e. The van der Waals surface area contributed by atoms with E-state index < -0.39 is 18.0 Å². The van der Waals surface area contributed by atoms with Gasteiger partial charge in [0, 0.05) is 24.1 Å². The lowest BCUT2D eigenvalue weighted by Crippen LogP contribution is -2.34. The predicted molar refractivity (Wildman–Crippen MR) is 66.1 cm³/mol. The van der Waals surface area contributed by atoms with Gasteiger partial charge in [-0.05, 0) is 12.1 Å². The maximum absolute atomic E-state index is 13.3. The molecule has 2 unspecified atom stereocenters. The normalized spacial score (nSPS) is 14.1. The third-order valence-corrected chi connectivity index (χ3v) is 2.88. The zero-order valence-electron chi connectivity index (χ0n) is 9.45. The zero-order chi connectivity index (χ0) is 13.9. The summed E-state index contributed by atoms with van der Waals surface area (Å²) in [6, 6.07) is 2.26. The fourth-order valence-corrected chi connectivity index (χ4v) is 1.79. The Hall–Kier alpha value is -0.880. The Morgan fingerprint density at radius 1 is 1.44 bits per heavy atom. The average molecular weight is 296 g/mol. The number of hydrogen-bond acceptors (Lipinski definition) is 3. The van der Waals surface area contributed by atoms with Gasteiger partial charge in [0.25, 0.3) is 0 Å². The van der Waals surface area contributed by atoms with E-state index in [0.29, 0.717) is 0 Å². The highest BCUT2D eigenvalue weighted by atomic mass is 35.5. The van der Waals surface area contributed by atoms with Crippen LogP contribution >= 0.6 is 23.2 Å². The van der Waals surface area contributed by atoms with Crippen LogP contribution in [0.2, 0.25) is 10.0 Å². The third-order valence-electron chi connectivity index (χ3n) is 2.26. The molecule has 1 amide bonds. The summed E-state index contributed by atoms with van der Waals surface area (Å²) in [7, 11) is 0. The molecular weight excluding hydrogens is 284 g/mol. The van der Waals surface area contributed by atoms with E-state index in [-0.39, 0.29) is 28.1 Å². The van der Waals surface area contributed by atoms with E-state index in [1.54, 1.807) is 0 Å². The Morgan fingerprint density at radius 3 is 2.61 bits per heavy atom. The summed E-state index contributed by atoms with van der Waals surface area (Å²) in [5.74, 6) is -1.14. The molecule has 0 bridgehead atoms. The van der Waals surface area contributed by atoms with Crippen LogP contribution in [0.4, 0.5) is 4.39 Å². The average Bonchev–Trinajstić information content (AvgIpc) is 2.29. The minimum absolute atomic E-state index is 0.0282. The molecule has 2 atom stereocenters. The molecule has 0 aliphatic rings. The van der Waals surface area contributed by atoms with Gasteiger partial charge in [0.15, 0.2) is 0 Å². The Kier molecular flexibility index (Phi) is 5.34. The van der Waals surface area contributed by atoms with Crippen molar-refractivity contribution < 1.29 is 19.4 Å². The van der Waals surface area contributed by atoms with Gasteiger partial charge in [-0.1, -0.05) is 23.2 Å². The predicted octanol–water partition coefficient (Wildman–Crippen LogP) is 1.66. The lowest BCUT2D eigenvalue weighted by Gasteiger charge is -2.19. The van der Waals surface area contributed by atoms with E-state index >= 15 is 0 Å². The zero-order valence-corrected chi connectivity index (χ0v) is 11.0. The second-order valence-electron chi connectivity index (χ2n) is 3.74. The van der Waals surface area contributed by atoms with E-state index in [1.807, 2.05) is 0 Å². The summed E-state index contributed by atoms with van der Waals surface area (Å²) in [5, 5.41) is 21.5. The Morgan fingerprint density at radius 2 is 2.06 bits per heavy atom. The molecule has 4 nitrogen and oxygen atoms in total. The summed E-state index contributed by atoms with van der Waals surface area (Å²) < 4.78 is 13.3. The summed E-state index contributed by atoms with van der Waals surface area (Å²) >= 11 is 11.3. The number of carbonyl (C=O) groups is 1. The molecule has 1 rings (SSSR count). The molecule has 0 radical (unpaired) electrons. The van der Waals surface area contributed by atoms with Gasteiger partial charge in [-0.15, -0.1) is 0 Å². The standard InChI is InChI=1S/C11H12Cl2FNO3/c1-5(16)15-4-9(17)11(18)7-2-6(12)3-8(14)10(7)13/h2-3,9,11,17-18H,4H2,1H3,(H,15,16). The molecule has 0 spiro atoms. The lowest BCUT2D eigenvalue weighted by atomic mass is 10.0. The number of aliphatic hydroxyl groups excluding tert-OH is 2. The molecule has 0 aromatic heterocycles. The van der Waals surface area contributed by atoms with Crippen LogP contribution in [-0.4, -0.2) is 28.8 Å². The maximum Gasteiger partial charge on any atom is 0.216 e. The van der Waals surface area contributed by atoms with Crippen molar-refractivity contribution >= 4 is 29.1 Å². The molecule has 0 heterocycles. The number of amides is 1. The van der Waals surface area contributed by atoms with E-state index in [1.165, 1.54) is 13.0 Å². The van der Waals surface area contributed by atoms with E-state index in [9.17, 15) is 19.4 Å². The first kappa shape index (κ1) is 15.2. The number of aliphatic hydroxyl groups is 2. The quantitative estimate of drug-likeness (QED) is 0.740. The van der Waals surface area contributed by atoms with E-state index in [0.717, 1.165) is 6.07 Å². The Bertz CT molecular complexity index is 456. The van der Waals surface area contributed by atoms with E-state index in [4.69, 9.17) is 23.2 Å². The van der Waals surface area contributed by atoms with Crippen molar-refractivity contribution in [3.63, 3.8) is 0 Å². The molecule has 1 aromatic rings. The summed E-state index contributed by atoms with van der Waals surface area (Å²) in [4.78, 5) is 10.7. The van der Waals surface area contributed by atoms with Crippen LogP contribution in [0, 0.1) is 5.82 Å². The molecule has 0 aliphatic heterocycles. The van der Waals surface area contributed by atoms with Crippen molar-refractivity contribution in [3.05, 3.63) is 33.6 Å². The lowest BCUT2D eigenvalue weighted by molar-refractivity contribution is -0.119. The molecule has 18 heavy (non-hydrogen) atoms. The summed E-state index contributed by atoms with van der Waals surface area (Å²) in [6.45, 7) is 1.09. The van der Waals surface area contributed by atoms with Crippen LogP contribution in [0.1, 0.15) is 18.6 Å². The van der Waals surface area contributed by atoms with Crippen LogP contribution in [-0.2, 0) is 4.79 Å². The summed E-state index contributed by atoms with van der Waals surface area (Å²) in [5.41, 5.74) is -0.0282. The molecule has 0 fully saturated rings. The molecule has 0 aliphatic carbocycles. The molecule has 3 N–H and O–H groups in total. The third kappa shape index (κ3) is 3.81. The number of carbonyl (C=O) groups excluding carboxylic acids is 1. The highest BCUT2D eigenvalue weighted by Gasteiger charge is 2.23. The smallest absolute Gasteiger partial charge is 0.216 e. The van der Waals surface area contributed by atoms with E-state index in [2.05, 4.69) is 5.32 Å². The highest BCUT2D eigenvalue weighted by molar-refractivity contribution is 6.33. The van der Waals surface area contributed by atoms with Crippen LogP contribution < -0.4 is 5.32 Å². The fraction of sp³-hybridized carbons (Fsp3) is 0.364. The summed E-state index contributed by atoms with van der Waals surface area (Å²) in [6.07, 6.45) is -2.76. The molecule has 0 saturated heterocycles. The second-order valence-corrected chi connectivity index (χ2v) is 4.55. The highest BCUT2D eigenvalue weighted by Crippen LogP contribution is 2.30. The Balaban J connectivity index is 2.89. The number of halogens is 3. The molecule has 0 saturated carbocycles. The van der Waals surface area contributed by atoms with Crippen LogP contribution in [0.3, 0.4) is 0 Å². The van der Waals surface area contributed by atoms with Crippen molar-refractivity contribution in [1.82, 2.24) is 5.32 Å². The monoisotopic (exact) mass is 295 g/mol. The molecular formula is C11H12Cl2FNO3. The van der Waals surface area contributed by atoms with Crippen LogP contribution in [0.5, 0.6) is 0 Å². The van der Waals surface area contributed by atoms with Gasteiger partial charge in [-0.25, -0.2) is 4.39 Å². The first-order chi connectivity index (χ1) is 8.32. The number of hydrogen-bond donors (Lipinski definition) is 3. The number of rotatable bonds is 4. The molecule has 100 valence electrons. The second kappa shape index (κ2) is 6.33. The first-order valence-electron chi connectivity index (χ1n) is 5.08. The molecule has 1 aromatic carbocycles. The number of nitrogens with one attached hydrogen (secondary N) is 1. The largest absolute Gasteiger partial charge is 0.388 e. The van der Waals surface area contributed by atoms with Gasteiger partial charge in [0.05, 0.1) is 5.02 Å². The van der Waals surface area contributed by atoms with Crippen LogP contribution in [0.25, 0.3) is 0 Å². The first-order valence-corrected chi connectivity index (χ1v) is 5.83. The molecule has 7 heteroatoms. The van der Waals surface area contributed by atoms with Crippen LogP contribution in [0.15, 0.2) is 12.1 Å². The Labute approximate surface area is 113 Å².